The van der Waals surface area contributed by atoms with Gasteiger partial charge in [-0.3, -0.25) is 14.2 Å². The van der Waals surface area contributed by atoms with Crippen LogP contribution in [0.3, 0.4) is 0 Å². The lowest BCUT2D eigenvalue weighted by molar-refractivity contribution is 0.0971. The molecule has 0 spiro atoms. The van der Waals surface area contributed by atoms with E-state index < -0.39 is 0 Å². The summed E-state index contributed by atoms with van der Waals surface area (Å²) in [5.74, 6) is -0.276. The van der Waals surface area contributed by atoms with Crippen LogP contribution in [0.5, 0.6) is 0 Å². The number of halogens is 2. The van der Waals surface area contributed by atoms with Gasteiger partial charge in [-0.1, -0.05) is 35.3 Å². The number of carbonyl (C=O) groups excluding carboxylic acids is 1. The number of aromatic nitrogens is 2. The van der Waals surface area contributed by atoms with Crippen LogP contribution in [-0.4, -0.2) is 15.3 Å². The molecule has 0 aliphatic heterocycles. The Balaban J connectivity index is 1.99. The van der Waals surface area contributed by atoms with Crippen molar-refractivity contribution in [2.45, 2.75) is 6.54 Å². The molecule has 0 unspecified atom stereocenters. The fourth-order valence-corrected chi connectivity index (χ4v) is 3.49. The van der Waals surface area contributed by atoms with Gasteiger partial charge in [0, 0.05) is 0 Å². The fourth-order valence-electron chi connectivity index (χ4n) is 1.99. The minimum atomic E-state index is -0.276. The molecule has 2 heterocycles. The first-order valence-corrected chi connectivity index (χ1v) is 7.55. The van der Waals surface area contributed by atoms with Gasteiger partial charge in [0.05, 0.1) is 33.7 Å². The van der Waals surface area contributed by atoms with Gasteiger partial charge in [0.1, 0.15) is 4.34 Å². The Morgan fingerprint density at radius 2 is 2.05 bits per heavy atom. The van der Waals surface area contributed by atoms with Crippen LogP contribution in [0.25, 0.3) is 10.9 Å². The number of hydrogen-bond acceptors (Lipinski definition) is 4. The number of Topliss-reactive ketones (excluding diaryl/α,β-unsaturated/α-hetero) is 1. The molecule has 0 fully saturated rings. The maximum atomic E-state index is 12.3. The highest BCUT2D eigenvalue weighted by Gasteiger charge is 2.16. The normalized spacial score (nSPS) is 11.0. The summed E-state index contributed by atoms with van der Waals surface area (Å²) in [4.78, 5) is 28.7. The lowest BCUT2D eigenvalue weighted by atomic mass is 10.2. The van der Waals surface area contributed by atoms with Crippen molar-refractivity contribution in [2.75, 3.05) is 0 Å². The molecule has 1 aromatic carbocycles. The maximum absolute atomic E-state index is 12.3. The fraction of sp³-hybridized carbons (Fsp3) is 0.0714. The van der Waals surface area contributed by atoms with E-state index in [1.807, 2.05) is 0 Å². The van der Waals surface area contributed by atoms with Gasteiger partial charge in [-0.25, -0.2) is 4.98 Å². The topological polar surface area (TPSA) is 52.0 Å². The van der Waals surface area contributed by atoms with Gasteiger partial charge in [-0.2, -0.15) is 0 Å². The highest BCUT2D eigenvalue weighted by molar-refractivity contribution is 7.20. The number of hydrogen-bond donors (Lipinski definition) is 0. The second-order valence-electron chi connectivity index (χ2n) is 4.36. The molecule has 4 nitrogen and oxygen atoms in total. The molecule has 0 saturated carbocycles. The molecule has 0 saturated heterocycles. The van der Waals surface area contributed by atoms with Gasteiger partial charge in [0.25, 0.3) is 5.56 Å². The molecule has 3 rings (SSSR count). The van der Waals surface area contributed by atoms with Crippen LogP contribution in [0.1, 0.15) is 10.4 Å². The number of rotatable bonds is 3. The summed E-state index contributed by atoms with van der Waals surface area (Å²) in [6, 6.07) is 8.50. The number of benzene rings is 1. The van der Waals surface area contributed by atoms with E-state index in [2.05, 4.69) is 4.98 Å². The molecule has 2 aromatic heterocycles. The molecule has 0 atom stereocenters. The highest BCUT2D eigenvalue weighted by atomic mass is 35.5. The van der Waals surface area contributed by atoms with Gasteiger partial charge in [-0.15, -0.1) is 11.3 Å². The Bertz CT molecular complexity index is 901. The Hall–Kier alpha value is -1.69. The molecule has 0 bridgehead atoms. The predicted octanol–water partition coefficient (Wildman–Crippen LogP) is 3.65. The van der Waals surface area contributed by atoms with E-state index in [4.69, 9.17) is 23.2 Å². The van der Waals surface area contributed by atoms with E-state index >= 15 is 0 Å². The first-order valence-electron chi connectivity index (χ1n) is 5.98. The van der Waals surface area contributed by atoms with Crippen LogP contribution in [0.4, 0.5) is 0 Å². The molecule has 0 N–H and O–H groups in total. The third-order valence-electron chi connectivity index (χ3n) is 3.00. The van der Waals surface area contributed by atoms with Crippen molar-refractivity contribution in [1.82, 2.24) is 9.55 Å². The second kappa shape index (κ2) is 5.60. The summed E-state index contributed by atoms with van der Waals surface area (Å²) in [5.41, 5.74) is 0.668. The summed E-state index contributed by atoms with van der Waals surface area (Å²) in [6.07, 6.45) is 1.37. The van der Waals surface area contributed by atoms with Crippen molar-refractivity contribution in [3.63, 3.8) is 0 Å². The molecule has 0 radical (unpaired) electrons. The van der Waals surface area contributed by atoms with Crippen molar-refractivity contribution < 1.29 is 4.79 Å². The summed E-state index contributed by atoms with van der Waals surface area (Å²) in [6.45, 7) is -0.122. The van der Waals surface area contributed by atoms with E-state index in [1.54, 1.807) is 24.3 Å². The summed E-state index contributed by atoms with van der Waals surface area (Å²) in [5, 5.41) is 0.474. The molecule has 21 heavy (non-hydrogen) atoms. The third-order valence-corrected chi connectivity index (χ3v) is 4.49. The summed E-state index contributed by atoms with van der Waals surface area (Å²) in [7, 11) is 0. The van der Waals surface area contributed by atoms with E-state index in [0.717, 1.165) is 11.3 Å². The van der Waals surface area contributed by atoms with Crippen LogP contribution in [-0.2, 0) is 6.54 Å². The Morgan fingerprint density at radius 1 is 1.29 bits per heavy atom. The van der Waals surface area contributed by atoms with Crippen molar-refractivity contribution in [3.8, 4) is 0 Å². The molecule has 0 amide bonds. The van der Waals surface area contributed by atoms with Crippen LogP contribution in [0, 0.1) is 0 Å². The Labute approximate surface area is 133 Å². The zero-order chi connectivity index (χ0) is 15.0. The van der Waals surface area contributed by atoms with Crippen LogP contribution in [0.15, 0.2) is 41.5 Å². The van der Waals surface area contributed by atoms with Gasteiger partial charge in [0.2, 0.25) is 0 Å². The smallest absolute Gasteiger partial charge is 0.261 e. The molecule has 7 heteroatoms. The van der Waals surface area contributed by atoms with Crippen LogP contribution < -0.4 is 5.56 Å². The SMILES string of the molecule is O=C(Cn1cnc2ccccc2c1=O)c1cc(Cl)sc1Cl. The van der Waals surface area contributed by atoms with Gasteiger partial charge < -0.3 is 0 Å². The number of para-hydroxylation sites is 1. The molecule has 106 valence electrons. The van der Waals surface area contributed by atoms with E-state index in [9.17, 15) is 9.59 Å². The van der Waals surface area contributed by atoms with Crippen LogP contribution in [0.2, 0.25) is 8.67 Å². The molecule has 0 aliphatic carbocycles. The first-order chi connectivity index (χ1) is 10.1. The highest BCUT2D eigenvalue weighted by Crippen LogP contribution is 2.31. The average molecular weight is 339 g/mol. The lowest BCUT2D eigenvalue weighted by Crippen LogP contribution is -2.24. The van der Waals surface area contributed by atoms with Gasteiger partial charge >= 0.3 is 0 Å². The summed E-state index contributed by atoms with van der Waals surface area (Å²) < 4.78 is 2.03. The predicted molar refractivity (Wildman–Crippen MR) is 84.7 cm³/mol. The molecular weight excluding hydrogens is 331 g/mol. The standard InChI is InChI=1S/C14H8Cl2N2O2S/c15-12-5-9(13(16)21-12)11(19)6-18-7-17-10-4-2-1-3-8(10)14(18)20/h1-5,7H,6H2. The number of ketones is 1. The van der Waals surface area contributed by atoms with Crippen molar-refractivity contribution >= 4 is 51.2 Å². The summed E-state index contributed by atoms with van der Waals surface area (Å²) >= 11 is 12.9. The lowest BCUT2D eigenvalue weighted by Gasteiger charge is -2.05. The Morgan fingerprint density at radius 3 is 2.76 bits per heavy atom. The molecule has 3 aromatic rings. The van der Waals surface area contributed by atoms with Crippen molar-refractivity contribution in [1.29, 1.82) is 0 Å². The second-order valence-corrected chi connectivity index (χ2v) is 6.64. The number of carbonyl (C=O) groups is 1. The Kier molecular flexibility index (Phi) is 3.80. The quantitative estimate of drug-likeness (QED) is 0.685. The number of fused-ring (bicyclic) bond motifs is 1. The molecule has 0 aliphatic rings. The zero-order valence-corrected chi connectivity index (χ0v) is 12.9. The minimum absolute atomic E-state index is 0.122. The van der Waals surface area contributed by atoms with Gasteiger partial charge in [-0.05, 0) is 18.2 Å². The van der Waals surface area contributed by atoms with Gasteiger partial charge in [0.15, 0.2) is 5.78 Å². The average Bonchev–Trinajstić information content (AvgIpc) is 2.81. The van der Waals surface area contributed by atoms with E-state index in [0.29, 0.717) is 25.1 Å². The maximum Gasteiger partial charge on any atom is 0.261 e. The number of nitrogens with zero attached hydrogens (tertiary/aromatic N) is 2. The van der Waals surface area contributed by atoms with Crippen molar-refractivity contribution in [3.05, 3.63) is 61.2 Å². The third kappa shape index (κ3) is 2.72. The first kappa shape index (κ1) is 14.3. The van der Waals surface area contributed by atoms with E-state index in [1.165, 1.54) is 17.0 Å². The zero-order valence-electron chi connectivity index (χ0n) is 10.5. The monoisotopic (exact) mass is 338 g/mol. The number of thiophene rings is 1. The van der Waals surface area contributed by atoms with E-state index in [-0.39, 0.29) is 17.9 Å². The largest absolute Gasteiger partial charge is 0.292 e. The minimum Gasteiger partial charge on any atom is -0.292 e. The van der Waals surface area contributed by atoms with Crippen molar-refractivity contribution in [2.24, 2.45) is 0 Å². The van der Waals surface area contributed by atoms with Crippen LogP contribution >= 0.6 is 34.5 Å². The molecular formula is C14H8Cl2N2O2S.